The standard InChI is InChI=1S/C10H7S.BrH.Mg/c1-2-5-9(6-3-1)10-7-4-8-11-10;;/h2-8H;1H;/q-1;;+2/p-1. The summed E-state index contributed by atoms with van der Waals surface area (Å²) in [6.45, 7) is 0. The van der Waals surface area contributed by atoms with Crippen LogP contribution in [0.15, 0.2) is 41.8 Å². The van der Waals surface area contributed by atoms with Crippen molar-refractivity contribution in [3.63, 3.8) is 0 Å². The van der Waals surface area contributed by atoms with Crippen LogP contribution < -0.4 is 17.0 Å². The molecule has 0 N–H and O–H groups in total. The molecule has 62 valence electrons. The number of benzene rings is 1. The molecule has 0 saturated carbocycles. The largest absolute Gasteiger partial charge is 2.00 e. The van der Waals surface area contributed by atoms with Crippen molar-refractivity contribution in [1.29, 1.82) is 0 Å². The fourth-order valence-electron chi connectivity index (χ4n) is 0.994. The van der Waals surface area contributed by atoms with E-state index >= 15 is 0 Å². The summed E-state index contributed by atoms with van der Waals surface area (Å²) in [7, 11) is 0. The third-order valence-corrected chi connectivity index (χ3v) is 2.44. The average molecular weight is 263 g/mol. The Balaban J connectivity index is 0.000000720. The van der Waals surface area contributed by atoms with Gasteiger partial charge in [0, 0.05) is 4.88 Å². The molecule has 0 atom stereocenters. The van der Waals surface area contributed by atoms with Gasteiger partial charge in [0.25, 0.3) is 0 Å². The Labute approximate surface area is 109 Å². The molecule has 0 aliphatic carbocycles. The number of rotatable bonds is 1. The molecule has 1 aromatic carbocycles. The molecule has 0 unspecified atom stereocenters. The van der Waals surface area contributed by atoms with E-state index in [1.807, 2.05) is 12.1 Å². The zero-order valence-corrected chi connectivity index (χ0v) is 10.9. The summed E-state index contributed by atoms with van der Waals surface area (Å²) in [4.78, 5) is 1.32. The number of halogens is 1. The predicted octanol–water partition coefficient (Wildman–Crippen LogP) is -0.162. The van der Waals surface area contributed by atoms with Gasteiger partial charge in [-0.3, -0.25) is 0 Å². The van der Waals surface area contributed by atoms with E-state index in [1.54, 1.807) is 11.3 Å². The molecule has 0 nitrogen and oxygen atoms in total. The normalized spacial score (nSPS) is 8.31. The van der Waals surface area contributed by atoms with Gasteiger partial charge in [-0.05, 0) is 11.4 Å². The van der Waals surface area contributed by atoms with Crippen LogP contribution in [0.1, 0.15) is 0 Å². The molecule has 1 heterocycles. The van der Waals surface area contributed by atoms with Gasteiger partial charge >= 0.3 is 23.1 Å². The molecular formula is C10H7BrMgS. The van der Waals surface area contributed by atoms with Crippen LogP contribution in [0, 0.1) is 6.07 Å². The first-order chi connectivity index (χ1) is 5.47. The third kappa shape index (κ3) is 3.42. The molecule has 0 aliphatic rings. The average Bonchev–Trinajstić information content (AvgIpc) is 2.58. The summed E-state index contributed by atoms with van der Waals surface area (Å²) in [6.07, 6.45) is 0. The Morgan fingerprint density at radius 3 is 2.31 bits per heavy atom. The maximum atomic E-state index is 3.00. The molecule has 0 bridgehead atoms. The molecule has 0 spiro atoms. The van der Waals surface area contributed by atoms with Crippen molar-refractivity contribution < 1.29 is 17.0 Å². The van der Waals surface area contributed by atoms with Crippen molar-refractivity contribution in [1.82, 2.24) is 0 Å². The van der Waals surface area contributed by atoms with Crippen molar-refractivity contribution in [2.45, 2.75) is 0 Å². The fourth-order valence-corrected chi connectivity index (χ4v) is 1.73. The Morgan fingerprint density at radius 2 is 1.77 bits per heavy atom. The molecule has 13 heavy (non-hydrogen) atoms. The molecule has 0 amide bonds. The van der Waals surface area contributed by atoms with Crippen molar-refractivity contribution in [3.8, 4) is 10.4 Å². The van der Waals surface area contributed by atoms with Crippen molar-refractivity contribution >= 4 is 34.4 Å². The van der Waals surface area contributed by atoms with Gasteiger partial charge in [0.15, 0.2) is 0 Å². The first-order valence-electron chi connectivity index (χ1n) is 3.47. The quantitative estimate of drug-likeness (QED) is 0.495. The van der Waals surface area contributed by atoms with E-state index in [4.69, 9.17) is 0 Å². The smallest absolute Gasteiger partial charge is 1.00 e. The van der Waals surface area contributed by atoms with Crippen LogP contribution in [0.2, 0.25) is 0 Å². The Kier molecular flexibility index (Phi) is 6.68. The summed E-state index contributed by atoms with van der Waals surface area (Å²) < 4.78 is 0. The Bertz CT molecular complexity index is 318. The minimum absolute atomic E-state index is 0. The van der Waals surface area contributed by atoms with Crippen LogP contribution >= 0.6 is 11.3 Å². The van der Waals surface area contributed by atoms with Crippen LogP contribution in [0.3, 0.4) is 0 Å². The minimum Gasteiger partial charge on any atom is -1.00 e. The van der Waals surface area contributed by atoms with Gasteiger partial charge in [0.2, 0.25) is 0 Å². The van der Waals surface area contributed by atoms with E-state index in [9.17, 15) is 0 Å². The number of hydrogen-bond acceptors (Lipinski definition) is 1. The second kappa shape index (κ2) is 6.59. The Morgan fingerprint density at radius 1 is 1.08 bits per heavy atom. The van der Waals surface area contributed by atoms with E-state index in [0.717, 1.165) is 0 Å². The predicted molar refractivity (Wildman–Crippen MR) is 54.3 cm³/mol. The van der Waals surface area contributed by atoms with E-state index in [2.05, 4.69) is 35.7 Å². The van der Waals surface area contributed by atoms with Crippen molar-refractivity contribution in [2.24, 2.45) is 0 Å². The fraction of sp³-hybridized carbons (Fsp3) is 0. The van der Waals surface area contributed by atoms with Gasteiger partial charge in [-0.25, -0.2) is 0 Å². The summed E-state index contributed by atoms with van der Waals surface area (Å²) in [5, 5.41) is 2.09. The van der Waals surface area contributed by atoms with Crippen LogP contribution in [0.25, 0.3) is 10.4 Å². The molecule has 3 heteroatoms. The summed E-state index contributed by atoms with van der Waals surface area (Å²) >= 11 is 1.76. The minimum atomic E-state index is 0. The van der Waals surface area contributed by atoms with Crippen LogP contribution in [-0.2, 0) is 0 Å². The zero-order valence-electron chi connectivity index (χ0n) is 7.03. The SMILES string of the molecule is [Br-].[Mg+2].[c-]1ccc(-c2cccs2)cc1. The maximum Gasteiger partial charge on any atom is 2.00 e. The topological polar surface area (TPSA) is 0 Å². The molecule has 2 aromatic rings. The maximum absolute atomic E-state index is 3.00. The molecular weight excluding hydrogens is 256 g/mol. The molecule has 0 aliphatic heterocycles. The van der Waals surface area contributed by atoms with E-state index < -0.39 is 0 Å². The van der Waals surface area contributed by atoms with E-state index in [1.165, 1.54) is 10.4 Å². The molecule has 0 radical (unpaired) electrons. The molecule has 1 aromatic heterocycles. The zero-order chi connectivity index (χ0) is 7.52. The van der Waals surface area contributed by atoms with Gasteiger partial charge in [0.05, 0.1) is 0 Å². The summed E-state index contributed by atoms with van der Waals surface area (Å²) in [5.74, 6) is 0. The van der Waals surface area contributed by atoms with Crippen LogP contribution in [-0.4, -0.2) is 23.1 Å². The second-order valence-corrected chi connectivity index (χ2v) is 3.21. The molecule has 2 rings (SSSR count). The number of thiophene rings is 1. The Hall–Kier alpha value is 0.166. The van der Waals surface area contributed by atoms with E-state index in [0.29, 0.717) is 0 Å². The van der Waals surface area contributed by atoms with Gasteiger partial charge in [0.1, 0.15) is 0 Å². The summed E-state index contributed by atoms with van der Waals surface area (Å²) in [6, 6.07) is 15.2. The summed E-state index contributed by atoms with van der Waals surface area (Å²) in [5.41, 5.74) is 1.28. The molecule has 0 saturated heterocycles. The van der Waals surface area contributed by atoms with Gasteiger partial charge < -0.3 is 17.0 Å². The van der Waals surface area contributed by atoms with Crippen LogP contribution in [0.4, 0.5) is 0 Å². The number of hydrogen-bond donors (Lipinski definition) is 0. The van der Waals surface area contributed by atoms with E-state index in [-0.39, 0.29) is 40.0 Å². The van der Waals surface area contributed by atoms with Crippen molar-refractivity contribution in [2.75, 3.05) is 0 Å². The first-order valence-corrected chi connectivity index (χ1v) is 4.35. The van der Waals surface area contributed by atoms with Gasteiger partial charge in [-0.15, -0.1) is 16.9 Å². The van der Waals surface area contributed by atoms with Gasteiger partial charge in [-0.1, -0.05) is 6.07 Å². The first kappa shape index (κ1) is 13.2. The van der Waals surface area contributed by atoms with Crippen molar-refractivity contribution in [3.05, 3.63) is 47.8 Å². The molecule has 0 fully saturated rings. The monoisotopic (exact) mass is 262 g/mol. The third-order valence-electron chi connectivity index (χ3n) is 1.52. The van der Waals surface area contributed by atoms with Crippen LogP contribution in [0.5, 0.6) is 0 Å². The van der Waals surface area contributed by atoms with Gasteiger partial charge in [-0.2, -0.15) is 30.3 Å². The second-order valence-electron chi connectivity index (χ2n) is 2.27.